The minimum Gasteiger partial charge on any atom is -0.436 e. The molecule has 1 saturated carbocycles. The summed E-state index contributed by atoms with van der Waals surface area (Å²) in [6.45, 7) is 3.53. The van der Waals surface area contributed by atoms with Crippen LogP contribution in [0.2, 0.25) is 0 Å². The Bertz CT molecular complexity index is 423. The Kier molecular flexibility index (Phi) is 4.27. The minimum absolute atomic E-state index is 0.151. The molecule has 0 spiro atoms. The van der Waals surface area contributed by atoms with Crippen LogP contribution in [0, 0.1) is 19.8 Å². The number of nitrogens with zero attached hydrogens (tertiary/aromatic N) is 1. The van der Waals surface area contributed by atoms with Crippen molar-refractivity contribution in [3.63, 3.8) is 0 Å². The smallest absolute Gasteiger partial charge is 0.289 e. The minimum atomic E-state index is -0.151. The maximum Gasteiger partial charge on any atom is 0.289 e. The summed E-state index contributed by atoms with van der Waals surface area (Å²) in [7, 11) is 0. The molecule has 5 heteroatoms. The Labute approximate surface area is 112 Å². The number of hydrogen-bond donors (Lipinski definition) is 1. The van der Waals surface area contributed by atoms with Gasteiger partial charge in [0.1, 0.15) is 0 Å². The SMILES string of the molecule is Cc1nc(C)c(C(=O)NC2CCC(CCl)CC2)o1. The second-order valence-corrected chi connectivity index (χ2v) is 5.30. The van der Waals surface area contributed by atoms with Crippen molar-refractivity contribution >= 4 is 17.5 Å². The molecule has 18 heavy (non-hydrogen) atoms. The number of amides is 1. The van der Waals surface area contributed by atoms with Crippen LogP contribution in [0.3, 0.4) is 0 Å². The van der Waals surface area contributed by atoms with Gasteiger partial charge in [-0.1, -0.05) is 0 Å². The summed E-state index contributed by atoms with van der Waals surface area (Å²) in [6, 6.07) is 0.238. The summed E-state index contributed by atoms with van der Waals surface area (Å²) in [5, 5.41) is 3.02. The van der Waals surface area contributed by atoms with Crippen molar-refractivity contribution < 1.29 is 9.21 Å². The normalized spacial score (nSPS) is 23.9. The molecule has 1 aliphatic carbocycles. The van der Waals surface area contributed by atoms with Crippen LogP contribution >= 0.6 is 11.6 Å². The molecule has 1 heterocycles. The third kappa shape index (κ3) is 3.05. The molecule has 1 N–H and O–H groups in total. The van der Waals surface area contributed by atoms with E-state index in [0.717, 1.165) is 31.6 Å². The number of aryl methyl sites for hydroxylation is 2. The second-order valence-electron chi connectivity index (χ2n) is 4.99. The third-order valence-corrected chi connectivity index (χ3v) is 3.95. The van der Waals surface area contributed by atoms with Crippen molar-refractivity contribution in [1.29, 1.82) is 0 Å². The highest BCUT2D eigenvalue weighted by Gasteiger charge is 2.24. The fourth-order valence-electron chi connectivity index (χ4n) is 2.45. The summed E-state index contributed by atoms with van der Waals surface area (Å²) in [5.74, 6) is 2.05. The molecule has 0 saturated heterocycles. The van der Waals surface area contributed by atoms with Gasteiger partial charge in [-0.25, -0.2) is 4.98 Å². The lowest BCUT2D eigenvalue weighted by atomic mass is 9.87. The quantitative estimate of drug-likeness (QED) is 0.860. The molecule has 1 aliphatic rings. The van der Waals surface area contributed by atoms with Gasteiger partial charge in [-0.05, 0) is 38.5 Å². The van der Waals surface area contributed by atoms with Crippen LogP contribution in [-0.4, -0.2) is 22.8 Å². The maximum absolute atomic E-state index is 12.0. The van der Waals surface area contributed by atoms with Crippen LogP contribution in [0.15, 0.2) is 4.42 Å². The van der Waals surface area contributed by atoms with Gasteiger partial charge < -0.3 is 9.73 Å². The molecule has 0 aromatic carbocycles. The average Bonchev–Trinajstić information content (AvgIpc) is 2.69. The van der Waals surface area contributed by atoms with Gasteiger partial charge in [0.2, 0.25) is 5.76 Å². The predicted molar refractivity (Wildman–Crippen MR) is 69.9 cm³/mol. The van der Waals surface area contributed by atoms with E-state index in [2.05, 4.69) is 10.3 Å². The molecule has 0 aliphatic heterocycles. The Morgan fingerprint density at radius 3 is 2.56 bits per heavy atom. The van der Waals surface area contributed by atoms with E-state index in [0.29, 0.717) is 23.3 Å². The molecule has 1 aromatic heterocycles. The van der Waals surface area contributed by atoms with Crippen LogP contribution in [0.4, 0.5) is 0 Å². The standard InChI is InChI=1S/C13H19ClN2O2/c1-8-12(18-9(2)15-8)13(17)16-11-5-3-10(7-14)4-6-11/h10-11H,3-7H2,1-2H3,(H,16,17). The largest absolute Gasteiger partial charge is 0.436 e. The van der Waals surface area contributed by atoms with E-state index < -0.39 is 0 Å². The fraction of sp³-hybridized carbons (Fsp3) is 0.692. The first-order chi connectivity index (χ1) is 8.60. The van der Waals surface area contributed by atoms with Gasteiger partial charge in [0, 0.05) is 18.8 Å². The highest BCUT2D eigenvalue weighted by molar-refractivity contribution is 6.18. The van der Waals surface area contributed by atoms with Gasteiger partial charge in [0.05, 0.1) is 5.69 Å². The zero-order chi connectivity index (χ0) is 13.1. The molecule has 0 radical (unpaired) electrons. The van der Waals surface area contributed by atoms with E-state index in [1.54, 1.807) is 13.8 Å². The van der Waals surface area contributed by atoms with Gasteiger partial charge in [0.25, 0.3) is 5.91 Å². The number of oxazole rings is 1. The Morgan fingerprint density at radius 2 is 2.06 bits per heavy atom. The van der Waals surface area contributed by atoms with Crippen molar-refractivity contribution in [3.05, 3.63) is 17.3 Å². The van der Waals surface area contributed by atoms with Crippen LogP contribution in [-0.2, 0) is 0 Å². The zero-order valence-corrected chi connectivity index (χ0v) is 11.6. The number of nitrogens with one attached hydrogen (secondary N) is 1. The number of halogens is 1. The van der Waals surface area contributed by atoms with Gasteiger partial charge in [-0.3, -0.25) is 4.79 Å². The average molecular weight is 271 g/mol. The van der Waals surface area contributed by atoms with Crippen molar-refractivity contribution in [2.24, 2.45) is 5.92 Å². The third-order valence-electron chi connectivity index (χ3n) is 3.51. The maximum atomic E-state index is 12.0. The van der Waals surface area contributed by atoms with Crippen molar-refractivity contribution in [2.45, 2.75) is 45.6 Å². The van der Waals surface area contributed by atoms with E-state index in [1.807, 2.05) is 0 Å². The molecule has 1 fully saturated rings. The second kappa shape index (κ2) is 5.74. The lowest BCUT2D eigenvalue weighted by Gasteiger charge is -2.27. The number of hydrogen-bond acceptors (Lipinski definition) is 3. The Hall–Kier alpha value is -1.03. The molecule has 1 aromatic rings. The number of rotatable bonds is 3. The Morgan fingerprint density at radius 1 is 1.39 bits per heavy atom. The topological polar surface area (TPSA) is 55.1 Å². The fourth-order valence-corrected chi connectivity index (χ4v) is 2.76. The number of aromatic nitrogens is 1. The zero-order valence-electron chi connectivity index (χ0n) is 10.8. The van der Waals surface area contributed by atoms with Crippen molar-refractivity contribution in [2.75, 3.05) is 5.88 Å². The summed E-state index contributed by atoms with van der Waals surface area (Å²) in [6.07, 6.45) is 4.16. The molecule has 0 bridgehead atoms. The summed E-state index contributed by atoms with van der Waals surface area (Å²) in [4.78, 5) is 16.1. The highest BCUT2D eigenvalue weighted by atomic mass is 35.5. The first-order valence-electron chi connectivity index (χ1n) is 6.41. The molecule has 2 rings (SSSR count). The molecule has 100 valence electrons. The van der Waals surface area contributed by atoms with Crippen LogP contribution in [0.25, 0.3) is 0 Å². The number of carbonyl (C=O) groups is 1. The Balaban J connectivity index is 1.90. The molecule has 1 amide bonds. The van der Waals surface area contributed by atoms with E-state index in [9.17, 15) is 4.79 Å². The van der Waals surface area contributed by atoms with Crippen molar-refractivity contribution in [3.8, 4) is 0 Å². The number of alkyl halides is 1. The van der Waals surface area contributed by atoms with Crippen LogP contribution in [0.5, 0.6) is 0 Å². The van der Waals surface area contributed by atoms with E-state index in [4.69, 9.17) is 16.0 Å². The first kappa shape index (κ1) is 13.4. The van der Waals surface area contributed by atoms with E-state index in [1.165, 1.54) is 0 Å². The van der Waals surface area contributed by atoms with Gasteiger partial charge >= 0.3 is 0 Å². The van der Waals surface area contributed by atoms with E-state index >= 15 is 0 Å². The molecular formula is C13H19ClN2O2. The predicted octanol–water partition coefficient (Wildman–Crippen LogP) is 2.82. The number of carbonyl (C=O) groups excluding carboxylic acids is 1. The molecule has 0 atom stereocenters. The van der Waals surface area contributed by atoms with E-state index in [-0.39, 0.29) is 11.9 Å². The highest BCUT2D eigenvalue weighted by Crippen LogP contribution is 2.25. The summed E-state index contributed by atoms with van der Waals surface area (Å²) in [5.41, 5.74) is 0.652. The lowest BCUT2D eigenvalue weighted by Crippen LogP contribution is -2.38. The molecule has 4 nitrogen and oxygen atoms in total. The van der Waals surface area contributed by atoms with Crippen molar-refractivity contribution in [1.82, 2.24) is 10.3 Å². The van der Waals surface area contributed by atoms with Crippen LogP contribution < -0.4 is 5.32 Å². The first-order valence-corrected chi connectivity index (χ1v) is 6.94. The molecular weight excluding hydrogens is 252 g/mol. The van der Waals surface area contributed by atoms with Gasteiger partial charge in [-0.2, -0.15) is 0 Å². The lowest BCUT2D eigenvalue weighted by molar-refractivity contribution is 0.0893. The summed E-state index contributed by atoms with van der Waals surface area (Å²) < 4.78 is 5.32. The van der Waals surface area contributed by atoms with Crippen LogP contribution in [0.1, 0.15) is 47.8 Å². The van der Waals surface area contributed by atoms with Gasteiger partial charge in [0.15, 0.2) is 5.89 Å². The molecule has 0 unspecified atom stereocenters. The monoisotopic (exact) mass is 270 g/mol. The van der Waals surface area contributed by atoms with Gasteiger partial charge in [-0.15, -0.1) is 11.6 Å². The summed E-state index contributed by atoms with van der Waals surface area (Å²) >= 11 is 5.84.